The minimum absolute atomic E-state index is 0.198. The van der Waals surface area contributed by atoms with Crippen LogP contribution in [0, 0.1) is 10.1 Å². The van der Waals surface area contributed by atoms with Gasteiger partial charge in [0, 0.05) is 19.2 Å². The van der Waals surface area contributed by atoms with Crippen LogP contribution >= 0.6 is 0 Å². The summed E-state index contributed by atoms with van der Waals surface area (Å²) in [5, 5.41) is 19.9. The lowest BCUT2D eigenvalue weighted by molar-refractivity contribution is -0.386. The van der Waals surface area contributed by atoms with Crippen LogP contribution in [0.3, 0.4) is 0 Å². The van der Waals surface area contributed by atoms with Crippen molar-refractivity contribution in [1.29, 1.82) is 0 Å². The van der Waals surface area contributed by atoms with E-state index in [1.165, 1.54) is 4.31 Å². The van der Waals surface area contributed by atoms with Gasteiger partial charge in [-0.3, -0.25) is 10.1 Å². The van der Waals surface area contributed by atoms with Crippen molar-refractivity contribution >= 4 is 15.7 Å². The molecule has 8 heteroatoms. The number of sulfonamides is 1. The van der Waals surface area contributed by atoms with Gasteiger partial charge in [-0.25, -0.2) is 8.42 Å². The normalized spacial score (nSPS) is 11.7. The molecular formula is C10H14N2O5S. The maximum Gasteiger partial charge on any atom is 0.312 e. The summed E-state index contributed by atoms with van der Waals surface area (Å²) in [6.07, 6.45) is 0. The van der Waals surface area contributed by atoms with E-state index in [2.05, 4.69) is 0 Å². The fourth-order valence-electron chi connectivity index (χ4n) is 1.52. The Hall–Kier alpha value is -1.67. The zero-order valence-corrected chi connectivity index (χ0v) is 10.8. The molecule has 1 N–H and O–H groups in total. The van der Waals surface area contributed by atoms with Crippen LogP contribution in [0.2, 0.25) is 0 Å². The number of nitrogens with zero attached hydrogens (tertiary/aromatic N) is 2. The third-order valence-corrected chi connectivity index (χ3v) is 4.53. The molecule has 0 fully saturated rings. The lowest BCUT2D eigenvalue weighted by Gasteiger charge is -2.18. The highest BCUT2D eigenvalue weighted by atomic mass is 32.2. The number of phenolic OH excluding ortho intramolecular Hbond substituents is 1. The molecule has 18 heavy (non-hydrogen) atoms. The third kappa shape index (κ3) is 2.59. The molecule has 0 aromatic heterocycles. The SMILES string of the molecule is CCN(CC)S(=O)(=O)c1ccc(O)c([N+](=O)[O-])c1. The molecule has 1 aromatic carbocycles. The average molecular weight is 274 g/mol. The molecule has 0 aliphatic heterocycles. The fourth-order valence-corrected chi connectivity index (χ4v) is 3.00. The van der Waals surface area contributed by atoms with Gasteiger partial charge in [0.25, 0.3) is 0 Å². The number of hydrogen-bond donors (Lipinski definition) is 1. The van der Waals surface area contributed by atoms with E-state index in [9.17, 15) is 23.6 Å². The van der Waals surface area contributed by atoms with Crippen LogP contribution in [-0.2, 0) is 10.0 Å². The number of nitro benzene ring substituents is 1. The van der Waals surface area contributed by atoms with Gasteiger partial charge in [-0.05, 0) is 12.1 Å². The molecule has 0 radical (unpaired) electrons. The molecule has 0 bridgehead atoms. The van der Waals surface area contributed by atoms with Gasteiger partial charge in [0.05, 0.1) is 9.82 Å². The highest BCUT2D eigenvalue weighted by molar-refractivity contribution is 7.89. The van der Waals surface area contributed by atoms with Crippen LogP contribution in [0.25, 0.3) is 0 Å². The minimum atomic E-state index is -3.76. The van der Waals surface area contributed by atoms with Crippen molar-refractivity contribution in [1.82, 2.24) is 4.31 Å². The summed E-state index contributed by atoms with van der Waals surface area (Å²) in [5.41, 5.74) is -0.622. The van der Waals surface area contributed by atoms with Gasteiger partial charge in [0.1, 0.15) is 0 Å². The Bertz CT molecular complexity index is 551. The predicted octanol–water partition coefficient (Wildman–Crippen LogP) is 1.33. The Labute approximate surface area is 105 Å². The molecule has 0 unspecified atom stereocenters. The van der Waals surface area contributed by atoms with E-state index in [1.54, 1.807) is 13.8 Å². The van der Waals surface area contributed by atoms with E-state index in [1.807, 2.05) is 0 Å². The van der Waals surface area contributed by atoms with E-state index < -0.39 is 26.4 Å². The van der Waals surface area contributed by atoms with Gasteiger partial charge in [0.15, 0.2) is 5.75 Å². The summed E-state index contributed by atoms with van der Waals surface area (Å²) >= 11 is 0. The number of rotatable bonds is 5. The van der Waals surface area contributed by atoms with Gasteiger partial charge >= 0.3 is 5.69 Å². The van der Waals surface area contributed by atoms with E-state index in [-0.39, 0.29) is 18.0 Å². The zero-order valence-electron chi connectivity index (χ0n) is 10.0. The smallest absolute Gasteiger partial charge is 0.312 e. The Morgan fingerprint density at radius 2 is 1.89 bits per heavy atom. The van der Waals surface area contributed by atoms with Crippen LogP contribution in [0.4, 0.5) is 5.69 Å². The van der Waals surface area contributed by atoms with Crippen molar-refractivity contribution in [2.45, 2.75) is 18.7 Å². The average Bonchev–Trinajstić information content (AvgIpc) is 2.30. The van der Waals surface area contributed by atoms with Crippen molar-refractivity contribution in [3.63, 3.8) is 0 Å². The molecule has 0 atom stereocenters. The van der Waals surface area contributed by atoms with Crippen LogP contribution in [0.15, 0.2) is 23.1 Å². The van der Waals surface area contributed by atoms with E-state index in [4.69, 9.17) is 0 Å². The Balaban J connectivity index is 3.34. The summed E-state index contributed by atoms with van der Waals surface area (Å²) in [5.74, 6) is -0.557. The summed E-state index contributed by atoms with van der Waals surface area (Å²) in [4.78, 5) is 9.63. The molecule has 0 aliphatic carbocycles. The van der Waals surface area contributed by atoms with Crippen LogP contribution in [0.5, 0.6) is 5.75 Å². The Morgan fingerprint density at radius 3 is 2.33 bits per heavy atom. The second-order valence-electron chi connectivity index (χ2n) is 3.50. The van der Waals surface area contributed by atoms with Crippen LogP contribution in [-0.4, -0.2) is 35.8 Å². The maximum atomic E-state index is 12.1. The van der Waals surface area contributed by atoms with Crippen LogP contribution in [0.1, 0.15) is 13.8 Å². The molecule has 0 saturated carbocycles. The van der Waals surface area contributed by atoms with Gasteiger partial charge < -0.3 is 5.11 Å². The largest absolute Gasteiger partial charge is 0.502 e. The number of benzene rings is 1. The molecule has 1 rings (SSSR count). The number of nitro groups is 1. The van der Waals surface area contributed by atoms with Gasteiger partial charge in [-0.15, -0.1) is 0 Å². The van der Waals surface area contributed by atoms with E-state index in [0.29, 0.717) is 0 Å². The second-order valence-corrected chi connectivity index (χ2v) is 5.43. The number of phenols is 1. The first-order valence-electron chi connectivity index (χ1n) is 5.32. The van der Waals surface area contributed by atoms with E-state index in [0.717, 1.165) is 18.2 Å². The summed E-state index contributed by atoms with van der Waals surface area (Å²) < 4.78 is 25.4. The third-order valence-electron chi connectivity index (χ3n) is 2.49. The van der Waals surface area contributed by atoms with Crippen molar-refractivity contribution in [2.24, 2.45) is 0 Å². The predicted molar refractivity (Wildman–Crippen MR) is 64.9 cm³/mol. The second kappa shape index (κ2) is 5.32. The van der Waals surface area contributed by atoms with Crippen molar-refractivity contribution < 1.29 is 18.4 Å². The number of hydrogen-bond acceptors (Lipinski definition) is 5. The van der Waals surface area contributed by atoms with Gasteiger partial charge in [-0.1, -0.05) is 13.8 Å². The Morgan fingerprint density at radius 1 is 1.33 bits per heavy atom. The fraction of sp³-hybridized carbons (Fsp3) is 0.400. The highest BCUT2D eigenvalue weighted by Gasteiger charge is 2.25. The maximum absolute atomic E-state index is 12.1. The zero-order chi connectivity index (χ0) is 13.9. The van der Waals surface area contributed by atoms with Gasteiger partial charge in [-0.2, -0.15) is 4.31 Å². The number of aromatic hydroxyl groups is 1. The van der Waals surface area contributed by atoms with Gasteiger partial charge in [0.2, 0.25) is 10.0 Å². The van der Waals surface area contributed by atoms with E-state index >= 15 is 0 Å². The molecule has 1 aromatic rings. The van der Waals surface area contributed by atoms with Crippen LogP contribution < -0.4 is 0 Å². The van der Waals surface area contributed by atoms with Crippen molar-refractivity contribution in [3.8, 4) is 5.75 Å². The first-order valence-corrected chi connectivity index (χ1v) is 6.76. The first-order chi connectivity index (χ1) is 8.34. The molecule has 0 amide bonds. The summed E-state index contributed by atoms with van der Waals surface area (Å²) in [6.45, 7) is 3.90. The minimum Gasteiger partial charge on any atom is -0.502 e. The standard InChI is InChI=1S/C10H14N2O5S/c1-3-11(4-2)18(16,17)8-5-6-10(13)9(7-8)12(14)15/h5-7,13H,3-4H2,1-2H3. The first kappa shape index (κ1) is 14.4. The summed E-state index contributed by atoms with van der Waals surface area (Å²) in [7, 11) is -3.76. The lowest BCUT2D eigenvalue weighted by atomic mass is 10.3. The van der Waals surface area contributed by atoms with Crippen molar-refractivity contribution in [3.05, 3.63) is 28.3 Å². The quantitative estimate of drug-likeness (QED) is 0.644. The monoisotopic (exact) mass is 274 g/mol. The molecular weight excluding hydrogens is 260 g/mol. The molecule has 0 spiro atoms. The molecule has 0 aliphatic rings. The van der Waals surface area contributed by atoms with Crippen molar-refractivity contribution in [2.75, 3.05) is 13.1 Å². The topological polar surface area (TPSA) is 101 Å². The molecule has 0 saturated heterocycles. The molecule has 100 valence electrons. The molecule has 0 heterocycles. The molecule has 7 nitrogen and oxygen atoms in total. The Kier molecular flexibility index (Phi) is 4.25. The lowest BCUT2D eigenvalue weighted by Crippen LogP contribution is -2.30. The summed E-state index contributed by atoms with van der Waals surface area (Å²) in [6, 6.07) is 3.02. The highest BCUT2D eigenvalue weighted by Crippen LogP contribution is 2.29.